The van der Waals surface area contributed by atoms with Crippen LogP contribution in [0.3, 0.4) is 0 Å². The zero-order chi connectivity index (χ0) is 17.3. The van der Waals surface area contributed by atoms with E-state index >= 15 is 0 Å². The zero-order valence-corrected chi connectivity index (χ0v) is 13.0. The van der Waals surface area contributed by atoms with Crippen molar-refractivity contribution in [2.75, 3.05) is 6.54 Å². The summed E-state index contributed by atoms with van der Waals surface area (Å²) in [6.07, 6.45) is 0.882. The molecule has 0 bridgehead atoms. The maximum atomic E-state index is 11.7. The summed E-state index contributed by atoms with van der Waals surface area (Å²) in [6, 6.07) is -3.07. The first-order valence-electron chi connectivity index (χ1n) is 7.13. The highest BCUT2D eigenvalue weighted by atomic mass is 16.6. The number of unbranched alkanes of at least 4 members (excludes halogenated alkanes) is 1. The van der Waals surface area contributed by atoms with E-state index in [-0.39, 0.29) is 0 Å². The highest BCUT2D eigenvalue weighted by Gasteiger charge is 2.29. The average molecular weight is 318 g/mol. The molecule has 8 N–H and O–H groups in total. The van der Waals surface area contributed by atoms with Crippen LogP contribution >= 0.6 is 0 Å². The Morgan fingerprint density at radius 2 is 1.55 bits per heavy atom. The fourth-order valence-electron chi connectivity index (χ4n) is 1.42. The van der Waals surface area contributed by atoms with E-state index in [2.05, 4.69) is 4.74 Å². The second kappa shape index (κ2) is 10.2. The Balaban J connectivity index is 4.33. The molecule has 9 nitrogen and oxygen atoms in total. The maximum Gasteiger partial charge on any atom is 0.334 e. The molecule has 0 fully saturated rings. The first-order valence-corrected chi connectivity index (χ1v) is 7.13. The Morgan fingerprint density at radius 1 is 0.955 bits per heavy atom. The van der Waals surface area contributed by atoms with Crippen LogP contribution in [-0.2, 0) is 23.9 Å². The largest absolute Gasteiger partial charge is 0.459 e. The van der Waals surface area contributed by atoms with Gasteiger partial charge in [-0.3, -0.25) is 4.79 Å². The number of hydrogen-bond acceptors (Lipinski definition) is 9. The monoisotopic (exact) mass is 318 g/mol. The summed E-state index contributed by atoms with van der Waals surface area (Å²) < 4.78 is 9.46. The smallest absolute Gasteiger partial charge is 0.334 e. The van der Waals surface area contributed by atoms with Crippen molar-refractivity contribution < 1.29 is 23.9 Å². The predicted molar refractivity (Wildman–Crippen MR) is 79.2 cm³/mol. The van der Waals surface area contributed by atoms with Crippen LogP contribution in [0, 0.1) is 0 Å². The van der Waals surface area contributed by atoms with Crippen LogP contribution in [0.4, 0.5) is 0 Å². The lowest BCUT2D eigenvalue weighted by Crippen LogP contribution is -2.47. The van der Waals surface area contributed by atoms with Crippen LogP contribution in [0.2, 0.25) is 0 Å². The minimum atomic E-state index is -1.30. The number of nitrogens with two attached hydrogens (primary N) is 4. The van der Waals surface area contributed by atoms with Crippen LogP contribution in [-0.4, -0.2) is 48.7 Å². The van der Waals surface area contributed by atoms with Crippen molar-refractivity contribution in [1.29, 1.82) is 0 Å². The molecule has 22 heavy (non-hydrogen) atoms. The lowest BCUT2D eigenvalue weighted by molar-refractivity contribution is -0.165. The molecule has 0 rings (SSSR count). The van der Waals surface area contributed by atoms with Gasteiger partial charge in [0.05, 0.1) is 0 Å². The Kier molecular flexibility index (Phi) is 9.50. The average Bonchev–Trinajstić information content (AvgIpc) is 2.45. The number of esters is 3. The Morgan fingerprint density at radius 3 is 2.05 bits per heavy atom. The normalized spacial score (nSPS) is 16.3. The third-order valence-corrected chi connectivity index (χ3v) is 2.92. The van der Waals surface area contributed by atoms with Crippen LogP contribution in [0.15, 0.2) is 0 Å². The molecule has 128 valence electrons. The topological polar surface area (TPSA) is 174 Å². The molecular weight excluding hydrogens is 292 g/mol. The van der Waals surface area contributed by atoms with Crippen LogP contribution in [0.1, 0.15) is 33.1 Å². The molecular formula is C13H26N4O5. The summed E-state index contributed by atoms with van der Waals surface area (Å²) >= 11 is 0. The fourth-order valence-corrected chi connectivity index (χ4v) is 1.42. The van der Waals surface area contributed by atoms with Crippen LogP contribution in [0.25, 0.3) is 0 Å². The molecule has 0 saturated carbocycles. The van der Waals surface area contributed by atoms with Gasteiger partial charge in [-0.25, -0.2) is 9.59 Å². The highest BCUT2D eigenvalue weighted by Crippen LogP contribution is 2.05. The van der Waals surface area contributed by atoms with E-state index in [0.29, 0.717) is 19.4 Å². The van der Waals surface area contributed by atoms with Crippen molar-refractivity contribution in [3.8, 4) is 0 Å². The van der Waals surface area contributed by atoms with E-state index in [1.165, 1.54) is 13.8 Å². The van der Waals surface area contributed by atoms with Gasteiger partial charge < -0.3 is 32.4 Å². The van der Waals surface area contributed by atoms with Gasteiger partial charge in [0.15, 0.2) is 0 Å². The molecule has 0 aromatic carbocycles. The first kappa shape index (κ1) is 20.5. The van der Waals surface area contributed by atoms with Gasteiger partial charge in [-0.1, -0.05) is 6.42 Å². The van der Waals surface area contributed by atoms with Gasteiger partial charge >= 0.3 is 17.9 Å². The van der Waals surface area contributed by atoms with Gasteiger partial charge in [0, 0.05) is 0 Å². The molecule has 4 atom stereocenters. The number of rotatable bonds is 9. The molecule has 0 unspecified atom stereocenters. The molecule has 0 spiro atoms. The lowest BCUT2D eigenvalue weighted by atomic mass is 10.1. The zero-order valence-electron chi connectivity index (χ0n) is 13.0. The highest BCUT2D eigenvalue weighted by molar-refractivity contribution is 5.91. The van der Waals surface area contributed by atoms with Gasteiger partial charge in [-0.05, 0) is 33.2 Å². The van der Waals surface area contributed by atoms with Crippen molar-refractivity contribution in [1.82, 2.24) is 0 Å². The lowest BCUT2D eigenvalue weighted by Gasteiger charge is -2.21. The Labute approximate surface area is 129 Å². The third-order valence-electron chi connectivity index (χ3n) is 2.92. The Hall–Kier alpha value is -1.55. The minimum absolute atomic E-state index is 0.422. The van der Waals surface area contributed by atoms with Crippen LogP contribution in [0.5, 0.6) is 0 Å². The van der Waals surface area contributed by atoms with Gasteiger partial charge in [-0.15, -0.1) is 0 Å². The fraction of sp³-hybridized carbons (Fsp3) is 0.769. The molecule has 0 heterocycles. The second-order valence-corrected chi connectivity index (χ2v) is 5.09. The van der Waals surface area contributed by atoms with Crippen molar-refractivity contribution in [2.24, 2.45) is 22.9 Å². The van der Waals surface area contributed by atoms with E-state index in [1.807, 2.05) is 0 Å². The number of carbonyl (C=O) groups excluding carboxylic acids is 3. The molecule has 9 heteroatoms. The summed E-state index contributed by atoms with van der Waals surface area (Å²) in [5, 5.41) is 0. The second-order valence-electron chi connectivity index (χ2n) is 5.09. The van der Waals surface area contributed by atoms with Crippen molar-refractivity contribution in [3.63, 3.8) is 0 Å². The molecule has 0 radical (unpaired) electrons. The quantitative estimate of drug-likeness (QED) is 0.215. The summed E-state index contributed by atoms with van der Waals surface area (Å²) in [5.41, 5.74) is 21.8. The third kappa shape index (κ3) is 7.46. The van der Waals surface area contributed by atoms with Gasteiger partial charge in [0.1, 0.15) is 24.2 Å². The molecule has 0 aromatic heterocycles. The molecule has 0 amide bonds. The molecule has 0 aliphatic heterocycles. The number of hydrogen-bond donors (Lipinski definition) is 4. The summed E-state index contributed by atoms with van der Waals surface area (Å²) in [6.45, 7) is 3.29. The SMILES string of the molecule is C[C@H](N)C(=O)OC(=O)[C@@H](N)[C@@H](C)OC(=O)[C@@H](N)CCCCN. The summed E-state index contributed by atoms with van der Waals surface area (Å²) in [5.74, 6) is -2.59. The van der Waals surface area contributed by atoms with E-state index in [9.17, 15) is 14.4 Å². The van der Waals surface area contributed by atoms with E-state index in [4.69, 9.17) is 27.7 Å². The van der Waals surface area contributed by atoms with Crippen molar-refractivity contribution in [2.45, 2.75) is 57.3 Å². The molecule has 0 aliphatic rings. The summed E-state index contributed by atoms with van der Waals surface area (Å²) in [7, 11) is 0. The Bertz CT molecular complexity index is 389. The van der Waals surface area contributed by atoms with E-state index in [1.54, 1.807) is 0 Å². The maximum absolute atomic E-state index is 11.7. The van der Waals surface area contributed by atoms with Gasteiger partial charge in [-0.2, -0.15) is 0 Å². The van der Waals surface area contributed by atoms with E-state index in [0.717, 1.165) is 6.42 Å². The first-order chi connectivity index (χ1) is 10.2. The standard InChI is InChI=1S/C13H26N4O5/c1-7(15)11(18)22-13(20)10(17)8(2)21-12(19)9(16)5-3-4-6-14/h7-10H,3-6,14-17H2,1-2H3/t7-,8+,9-,10-/m0/s1. The molecule has 0 aromatic rings. The van der Waals surface area contributed by atoms with Crippen molar-refractivity contribution in [3.05, 3.63) is 0 Å². The molecule has 0 saturated heterocycles. The number of carbonyl (C=O) groups is 3. The van der Waals surface area contributed by atoms with Gasteiger partial charge in [0.2, 0.25) is 0 Å². The van der Waals surface area contributed by atoms with Crippen LogP contribution < -0.4 is 22.9 Å². The number of ether oxygens (including phenoxy) is 2. The van der Waals surface area contributed by atoms with Gasteiger partial charge in [0.25, 0.3) is 0 Å². The summed E-state index contributed by atoms with van der Waals surface area (Å²) in [4.78, 5) is 34.5. The minimum Gasteiger partial charge on any atom is -0.459 e. The van der Waals surface area contributed by atoms with Crippen molar-refractivity contribution >= 4 is 17.9 Å². The molecule has 0 aliphatic carbocycles. The predicted octanol–water partition coefficient (Wildman–Crippen LogP) is -1.88. The van der Waals surface area contributed by atoms with E-state index < -0.39 is 42.1 Å².